The molecule has 0 spiro atoms. The molecule has 1 aliphatic heterocycles. The number of aromatic nitrogens is 1. The van der Waals surface area contributed by atoms with Gasteiger partial charge in [0.05, 0.1) is 5.69 Å². The molecule has 0 amide bonds. The van der Waals surface area contributed by atoms with Crippen LogP contribution < -0.4 is 4.90 Å². The highest BCUT2D eigenvalue weighted by molar-refractivity contribution is 7.17. The molecule has 0 aromatic carbocycles. The molecule has 2 heterocycles. The number of carboxylic acid groups (broad SMARTS) is 1. The van der Waals surface area contributed by atoms with Crippen LogP contribution in [0.25, 0.3) is 0 Å². The van der Waals surface area contributed by atoms with E-state index in [2.05, 4.69) is 35.7 Å². The van der Waals surface area contributed by atoms with Gasteiger partial charge >= 0.3 is 5.97 Å². The van der Waals surface area contributed by atoms with Crippen molar-refractivity contribution in [1.29, 1.82) is 0 Å². The van der Waals surface area contributed by atoms with Gasteiger partial charge in [-0.25, -0.2) is 9.78 Å². The number of thiazole rings is 1. The normalized spacial score (nSPS) is 24.4. The molecule has 1 fully saturated rings. The van der Waals surface area contributed by atoms with Crippen LogP contribution in [0.15, 0.2) is 0 Å². The third kappa shape index (κ3) is 2.81. The second-order valence-corrected chi connectivity index (χ2v) is 6.92. The Morgan fingerprint density at radius 2 is 1.90 bits per heavy atom. The first-order valence-corrected chi connectivity index (χ1v) is 7.83. The van der Waals surface area contributed by atoms with Crippen LogP contribution in [0, 0.1) is 0 Å². The summed E-state index contributed by atoms with van der Waals surface area (Å²) in [5.41, 5.74) is 0.705. The lowest BCUT2D eigenvalue weighted by Gasteiger charge is -2.42. The molecule has 0 aliphatic carbocycles. The van der Waals surface area contributed by atoms with Crippen molar-refractivity contribution in [3.8, 4) is 0 Å². The van der Waals surface area contributed by atoms with E-state index in [0.717, 1.165) is 18.2 Å². The molecule has 20 heavy (non-hydrogen) atoms. The van der Waals surface area contributed by atoms with Crippen LogP contribution in [0.4, 0.5) is 5.13 Å². The maximum Gasteiger partial charge on any atom is 0.347 e. The molecule has 0 saturated carbocycles. The van der Waals surface area contributed by atoms with E-state index in [9.17, 15) is 9.90 Å². The Balaban J connectivity index is 2.29. The van der Waals surface area contributed by atoms with E-state index >= 15 is 0 Å². The lowest BCUT2D eigenvalue weighted by atomic mass is 10.1. The fraction of sp³-hybridized carbons (Fsp3) is 0.714. The molecular formula is C14H23N3O2S. The van der Waals surface area contributed by atoms with Gasteiger partial charge in [-0.05, 0) is 26.8 Å². The topological polar surface area (TPSA) is 56.7 Å². The fourth-order valence-corrected chi connectivity index (χ4v) is 3.64. The molecule has 0 bridgehead atoms. The maximum absolute atomic E-state index is 11.3. The highest BCUT2D eigenvalue weighted by Gasteiger charge is 2.30. The molecule has 112 valence electrons. The molecule has 1 aromatic heterocycles. The summed E-state index contributed by atoms with van der Waals surface area (Å²) in [6.07, 6.45) is 0. The number of carbonyl (C=O) groups is 1. The van der Waals surface area contributed by atoms with Crippen LogP contribution in [0.2, 0.25) is 0 Å². The number of hydrogen-bond acceptors (Lipinski definition) is 5. The van der Waals surface area contributed by atoms with Gasteiger partial charge < -0.3 is 10.0 Å². The van der Waals surface area contributed by atoms with Crippen molar-refractivity contribution < 1.29 is 9.90 Å². The molecule has 5 nitrogen and oxygen atoms in total. The standard InChI is InChI=1S/C14H23N3O2S/c1-8(2)11-12(13(18)19)20-14(15-11)17-6-9(3)16(5)10(4)7-17/h8-10H,6-7H2,1-5H3,(H,18,19). The van der Waals surface area contributed by atoms with Crippen LogP contribution in [0.1, 0.15) is 49.0 Å². The van der Waals surface area contributed by atoms with Gasteiger partial charge in [-0.3, -0.25) is 4.90 Å². The molecule has 2 atom stereocenters. The van der Waals surface area contributed by atoms with E-state index in [-0.39, 0.29) is 5.92 Å². The van der Waals surface area contributed by atoms with Crippen LogP contribution in [0.3, 0.4) is 0 Å². The molecule has 6 heteroatoms. The van der Waals surface area contributed by atoms with Crippen molar-refractivity contribution in [3.05, 3.63) is 10.6 Å². The molecular weight excluding hydrogens is 274 g/mol. The predicted molar refractivity (Wildman–Crippen MR) is 82.1 cm³/mol. The minimum absolute atomic E-state index is 0.133. The number of piperazine rings is 1. The Morgan fingerprint density at radius 3 is 2.30 bits per heavy atom. The van der Waals surface area contributed by atoms with Gasteiger partial charge in [-0.2, -0.15) is 0 Å². The van der Waals surface area contributed by atoms with E-state index in [1.807, 2.05) is 13.8 Å². The largest absolute Gasteiger partial charge is 0.477 e. The summed E-state index contributed by atoms with van der Waals surface area (Å²) in [7, 11) is 2.14. The van der Waals surface area contributed by atoms with Crippen molar-refractivity contribution >= 4 is 22.4 Å². The zero-order chi connectivity index (χ0) is 15.0. The average molecular weight is 297 g/mol. The molecule has 2 rings (SSSR count). The first-order chi connectivity index (χ1) is 9.31. The minimum atomic E-state index is -0.868. The Hall–Kier alpha value is -1.14. The summed E-state index contributed by atoms with van der Waals surface area (Å²) in [5, 5.41) is 10.2. The number of carboxylic acids is 1. The van der Waals surface area contributed by atoms with Gasteiger partial charge in [0.25, 0.3) is 0 Å². The smallest absolute Gasteiger partial charge is 0.347 e. The van der Waals surface area contributed by atoms with Crippen molar-refractivity contribution in [2.75, 3.05) is 25.0 Å². The van der Waals surface area contributed by atoms with E-state index in [4.69, 9.17) is 0 Å². The zero-order valence-electron chi connectivity index (χ0n) is 12.8. The predicted octanol–water partition coefficient (Wildman–Crippen LogP) is 2.49. The van der Waals surface area contributed by atoms with Gasteiger partial charge in [0.2, 0.25) is 0 Å². The molecule has 2 unspecified atom stereocenters. The van der Waals surface area contributed by atoms with Gasteiger partial charge in [0.1, 0.15) is 4.88 Å². The van der Waals surface area contributed by atoms with Gasteiger partial charge in [-0.1, -0.05) is 25.2 Å². The first-order valence-electron chi connectivity index (χ1n) is 7.02. The summed E-state index contributed by atoms with van der Waals surface area (Å²) in [4.78, 5) is 20.9. The van der Waals surface area contributed by atoms with Gasteiger partial charge in [0.15, 0.2) is 5.13 Å². The second kappa shape index (κ2) is 5.69. The molecule has 1 N–H and O–H groups in total. The van der Waals surface area contributed by atoms with Crippen molar-refractivity contribution in [3.63, 3.8) is 0 Å². The Morgan fingerprint density at radius 1 is 1.35 bits per heavy atom. The van der Waals surface area contributed by atoms with Crippen LogP contribution in [0.5, 0.6) is 0 Å². The van der Waals surface area contributed by atoms with Crippen LogP contribution in [-0.4, -0.2) is 53.2 Å². The first kappa shape index (κ1) is 15.3. The highest BCUT2D eigenvalue weighted by Crippen LogP contribution is 2.32. The number of anilines is 1. The average Bonchev–Trinajstić information content (AvgIpc) is 2.80. The quantitative estimate of drug-likeness (QED) is 0.929. The number of likely N-dealkylation sites (N-methyl/N-ethyl adjacent to an activating group) is 1. The monoisotopic (exact) mass is 297 g/mol. The van der Waals surface area contributed by atoms with Crippen molar-refractivity contribution in [1.82, 2.24) is 9.88 Å². The Kier molecular flexibility index (Phi) is 4.34. The highest BCUT2D eigenvalue weighted by atomic mass is 32.1. The molecule has 1 saturated heterocycles. The summed E-state index contributed by atoms with van der Waals surface area (Å²) < 4.78 is 0. The summed E-state index contributed by atoms with van der Waals surface area (Å²) in [6, 6.07) is 0.886. The van der Waals surface area contributed by atoms with Gasteiger partial charge in [-0.15, -0.1) is 0 Å². The summed E-state index contributed by atoms with van der Waals surface area (Å²) in [6.45, 7) is 10.1. The summed E-state index contributed by atoms with van der Waals surface area (Å²) >= 11 is 1.30. The minimum Gasteiger partial charge on any atom is -0.477 e. The number of hydrogen-bond donors (Lipinski definition) is 1. The molecule has 1 aromatic rings. The summed E-state index contributed by atoms with van der Waals surface area (Å²) in [5.74, 6) is -0.735. The van der Waals surface area contributed by atoms with E-state index in [0.29, 0.717) is 22.7 Å². The van der Waals surface area contributed by atoms with E-state index in [1.165, 1.54) is 11.3 Å². The number of rotatable bonds is 3. The van der Waals surface area contributed by atoms with Crippen LogP contribution in [-0.2, 0) is 0 Å². The SMILES string of the molecule is CC(C)c1nc(N2CC(C)N(C)C(C)C2)sc1C(=O)O. The second-order valence-electron chi connectivity index (χ2n) is 5.94. The fourth-order valence-electron chi connectivity index (χ4n) is 2.56. The van der Waals surface area contributed by atoms with Gasteiger partial charge in [0, 0.05) is 25.2 Å². The number of aromatic carboxylic acids is 1. The number of nitrogens with zero attached hydrogens (tertiary/aromatic N) is 3. The Labute approximate surface area is 124 Å². The van der Waals surface area contributed by atoms with Crippen molar-refractivity contribution in [2.24, 2.45) is 0 Å². The van der Waals surface area contributed by atoms with Crippen molar-refractivity contribution in [2.45, 2.75) is 45.7 Å². The maximum atomic E-state index is 11.3. The van der Waals surface area contributed by atoms with E-state index < -0.39 is 5.97 Å². The molecule has 1 aliphatic rings. The third-order valence-corrected chi connectivity index (χ3v) is 5.13. The zero-order valence-corrected chi connectivity index (χ0v) is 13.6. The lowest BCUT2D eigenvalue weighted by Crippen LogP contribution is -2.55. The molecule has 0 radical (unpaired) electrons. The van der Waals surface area contributed by atoms with Crippen LogP contribution >= 0.6 is 11.3 Å². The lowest BCUT2D eigenvalue weighted by molar-refractivity contribution is 0.0700. The third-order valence-electron chi connectivity index (χ3n) is 4.01. The Bertz CT molecular complexity index is 489. The van der Waals surface area contributed by atoms with E-state index in [1.54, 1.807) is 0 Å².